The Morgan fingerprint density at radius 3 is 2.68 bits per heavy atom. The van der Waals surface area contributed by atoms with Crippen molar-refractivity contribution in [2.75, 3.05) is 5.32 Å². The molecular weight excluding hydrogens is 246 g/mol. The highest BCUT2D eigenvalue weighted by Crippen LogP contribution is 2.34. The van der Waals surface area contributed by atoms with Crippen molar-refractivity contribution >= 4 is 5.69 Å². The molecule has 1 heterocycles. The van der Waals surface area contributed by atoms with Gasteiger partial charge in [-0.25, -0.2) is 8.78 Å². The van der Waals surface area contributed by atoms with Gasteiger partial charge in [0.15, 0.2) is 11.6 Å². The van der Waals surface area contributed by atoms with Gasteiger partial charge in [-0.05, 0) is 47.9 Å². The second-order valence-corrected chi connectivity index (χ2v) is 4.56. The van der Waals surface area contributed by atoms with Crippen molar-refractivity contribution in [3.8, 4) is 6.07 Å². The van der Waals surface area contributed by atoms with Gasteiger partial charge in [0.1, 0.15) is 0 Å². The number of anilines is 1. The quantitative estimate of drug-likeness (QED) is 0.847. The predicted molar refractivity (Wildman–Crippen MR) is 67.6 cm³/mol. The smallest absolute Gasteiger partial charge is 0.159 e. The molecule has 0 spiro atoms. The first-order valence-electron chi connectivity index (χ1n) is 5.92. The van der Waals surface area contributed by atoms with Crippen LogP contribution in [0.4, 0.5) is 14.5 Å². The third-order valence-electron chi connectivity index (χ3n) is 3.33. The summed E-state index contributed by atoms with van der Waals surface area (Å²) in [5, 5.41) is 12.1. The van der Waals surface area contributed by atoms with Gasteiger partial charge < -0.3 is 5.32 Å². The van der Waals surface area contributed by atoms with E-state index in [1.54, 1.807) is 12.1 Å². The van der Waals surface area contributed by atoms with E-state index in [1.165, 1.54) is 6.07 Å². The van der Waals surface area contributed by atoms with Crippen LogP contribution in [0.25, 0.3) is 0 Å². The first kappa shape index (κ1) is 11.7. The molecule has 1 aliphatic rings. The van der Waals surface area contributed by atoms with Gasteiger partial charge in [-0.1, -0.05) is 6.07 Å². The van der Waals surface area contributed by atoms with Crippen molar-refractivity contribution in [1.82, 2.24) is 0 Å². The highest BCUT2D eigenvalue weighted by Gasteiger charge is 2.23. The number of nitrogens with zero attached hydrogens (tertiary/aromatic N) is 1. The van der Waals surface area contributed by atoms with Gasteiger partial charge in [-0.2, -0.15) is 5.26 Å². The van der Waals surface area contributed by atoms with Crippen molar-refractivity contribution in [2.24, 2.45) is 0 Å². The van der Waals surface area contributed by atoms with Crippen molar-refractivity contribution < 1.29 is 8.78 Å². The van der Waals surface area contributed by atoms with E-state index < -0.39 is 11.6 Å². The molecule has 1 N–H and O–H groups in total. The number of fused-ring (bicyclic) bond motifs is 1. The third kappa shape index (κ3) is 2.04. The SMILES string of the molecule is N#Cc1ccc2c(c1)CC(c1ccc(F)c(F)c1)N2. The summed E-state index contributed by atoms with van der Waals surface area (Å²) >= 11 is 0. The Bertz CT molecular complexity index is 689. The number of benzene rings is 2. The first-order chi connectivity index (χ1) is 9.17. The molecule has 19 heavy (non-hydrogen) atoms. The van der Waals surface area contributed by atoms with E-state index in [1.807, 2.05) is 12.1 Å². The van der Waals surface area contributed by atoms with Crippen molar-refractivity contribution in [3.05, 3.63) is 64.7 Å². The predicted octanol–water partition coefficient (Wildman–Crippen LogP) is 3.55. The molecule has 0 amide bonds. The van der Waals surface area contributed by atoms with Crippen LogP contribution < -0.4 is 5.32 Å². The van der Waals surface area contributed by atoms with Crippen LogP contribution in [0, 0.1) is 23.0 Å². The minimum atomic E-state index is -0.842. The molecule has 0 aromatic heterocycles. The van der Waals surface area contributed by atoms with Gasteiger partial charge in [0, 0.05) is 5.69 Å². The molecule has 0 fully saturated rings. The van der Waals surface area contributed by atoms with Crippen LogP contribution >= 0.6 is 0 Å². The minimum absolute atomic E-state index is 0.0842. The van der Waals surface area contributed by atoms with E-state index in [-0.39, 0.29) is 6.04 Å². The fourth-order valence-corrected chi connectivity index (χ4v) is 2.36. The lowest BCUT2D eigenvalue weighted by molar-refractivity contribution is 0.506. The second-order valence-electron chi connectivity index (χ2n) is 4.56. The molecule has 1 unspecified atom stereocenters. The highest BCUT2D eigenvalue weighted by atomic mass is 19.2. The number of rotatable bonds is 1. The lowest BCUT2D eigenvalue weighted by Crippen LogP contribution is -2.06. The summed E-state index contributed by atoms with van der Waals surface area (Å²) in [6.07, 6.45) is 0.663. The minimum Gasteiger partial charge on any atom is -0.378 e. The molecule has 0 aliphatic carbocycles. The number of hydrogen-bond acceptors (Lipinski definition) is 2. The monoisotopic (exact) mass is 256 g/mol. The average Bonchev–Trinajstić information content (AvgIpc) is 2.84. The average molecular weight is 256 g/mol. The molecule has 2 aromatic carbocycles. The standard InChI is InChI=1S/C15H10F2N2/c16-12-3-2-10(6-13(12)17)15-7-11-5-9(8-18)1-4-14(11)19-15/h1-6,15,19H,7H2. The summed E-state index contributed by atoms with van der Waals surface area (Å²) in [7, 11) is 0. The van der Waals surface area contributed by atoms with Gasteiger partial charge in [0.05, 0.1) is 17.7 Å². The number of halogens is 2. The number of hydrogen-bond donors (Lipinski definition) is 1. The summed E-state index contributed by atoms with van der Waals surface area (Å²) in [5.41, 5.74) is 3.27. The Hall–Kier alpha value is -2.41. The fraction of sp³-hybridized carbons (Fsp3) is 0.133. The van der Waals surface area contributed by atoms with Crippen molar-refractivity contribution in [2.45, 2.75) is 12.5 Å². The van der Waals surface area contributed by atoms with Gasteiger partial charge in [-0.15, -0.1) is 0 Å². The topological polar surface area (TPSA) is 35.8 Å². The maximum Gasteiger partial charge on any atom is 0.159 e. The zero-order valence-electron chi connectivity index (χ0n) is 9.95. The Kier molecular flexibility index (Phi) is 2.68. The Morgan fingerprint density at radius 1 is 1.11 bits per heavy atom. The summed E-state index contributed by atoms with van der Waals surface area (Å²) < 4.78 is 26.2. The molecule has 0 saturated heterocycles. The van der Waals surface area contributed by atoms with Crippen LogP contribution in [-0.4, -0.2) is 0 Å². The Labute approximate surface area is 109 Å². The van der Waals surface area contributed by atoms with E-state index in [0.717, 1.165) is 17.3 Å². The van der Waals surface area contributed by atoms with Crippen LogP contribution in [-0.2, 0) is 6.42 Å². The van der Waals surface area contributed by atoms with Crippen LogP contribution in [0.15, 0.2) is 36.4 Å². The molecule has 0 saturated carbocycles. The zero-order chi connectivity index (χ0) is 13.4. The van der Waals surface area contributed by atoms with Gasteiger partial charge >= 0.3 is 0 Å². The second kappa shape index (κ2) is 4.36. The molecule has 0 radical (unpaired) electrons. The third-order valence-corrected chi connectivity index (χ3v) is 3.33. The lowest BCUT2D eigenvalue weighted by Gasteiger charge is -2.11. The van der Waals surface area contributed by atoms with Gasteiger partial charge in [0.25, 0.3) is 0 Å². The number of nitriles is 1. The fourth-order valence-electron chi connectivity index (χ4n) is 2.36. The van der Waals surface area contributed by atoms with Crippen LogP contribution in [0.2, 0.25) is 0 Å². The molecule has 1 atom stereocenters. The zero-order valence-corrected chi connectivity index (χ0v) is 9.95. The van der Waals surface area contributed by atoms with Gasteiger partial charge in [-0.3, -0.25) is 0 Å². The van der Waals surface area contributed by atoms with Crippen LogP contribution in [0.5, 0.6) is 0 Å². The summed E-state index contributed by atoms with van der Waals surface area (Å²) in [6, 6.07) is 11.3. The molecular formula is C15H10F2N2. The van der Waals surface area contributed by atoms with E-state index in [4.69, 9.17) is 5.26 Å². The van der Waals surface area contributed by atoms with E-state index in [2.05, 4.69) is 11.4 Å². The largest absolute Gasteiger partial charge is 0.378 e. The van der Waals surface area contributed by atoms with Crippen molar-refractivity contribution in [1.29, 1.82) is 5.26 Å². The molecule has 0 bridgehead atoms. The molecule has 2 aromatic rings. The van der Waals surface area contributed by atoms with Crippen LogP contribution in [0.1, 0.15) is 22.7 Å². The Morgan fingerprint density at radius 2 is 1.95 bits per heavy atom. The molecule has 2 nitrogen and oxygen atoms in total. The normalized spacial score (nSPS) is 16.6. The van der Waals surface area contributed by atoms with Gasteiger partial charge in [0.2, 0.25) is 0 Å². The highest BCUT2D eigenvalue weighted by molar-refractivity contribution is 5.60. The lowest BCUT2D eigenvalue weighted by atomic mass is 10.0. The summed E-state index contributed by atoms with van der Waals surface area (Å²) in [6.45, 7) is 0. The van der Waals surface area contributed by atoms with Crippen molar-refractivity contribution in [3.63, 3.8) is 0 Å². The molecule has 94 valence electrons. The van der Waals surface area contributed by atoms with E-state index in [0.29, 0.717) is 17.5 Å². The van der Waals surface area contributed by atoms with E-state index >= 15 is 0 Å². The maximum atomic E-state index is 13.2. The first-order valence-corrected chi connectivity index (χ1v) is 5.92. The molecule has 3 rings (SSSR count). The maximum absolute atomic E-state index is 13.2. The molecule has 1 aliphatic heterocycles. The summed E-state index contributed by atoms with van der Waals surface area (Å²) in [4.78, 5) is 0. The Balaban J connectivity index is 1.91. The number of nitrogens with one attached hydrogen (secondary N) is 1. The molecule has 4 heteroatoms. The van der Waals surface area contributed by atoms with Crippen LogP contribution in [0.3, 0.4) is 0 Å². The van der Waals surface area contributed by atoms with E-state index in [9.17, 15) is 8.78 Å². The summed E-state index contributed by atoms with van der Waals surface area (Å²) in [5.74, 6) is -1.68.